The van der Waals surface area contributed by atoms with E-state index in [1.54, 1.807) is 0 Å². The van der Waals surface area contributed by atoms with E-state index < -0.39 is 0 Å². The first-order chi connectivity index (χ1) is 9.60. The van der Waals surface area contributed by atoms with Crippen molar-refractivity contribution in [3.8, 4) is 0 Å². The minimum Gasteiger partial charge on any atom is -0.409 e. The first kappa shape index (κ1) is 14.7. The predicted octanol–water partition coefficient (Wildman–Crippen LogP) is 1.56. The number of anilines is 1. The van der Waals surface area contributed by atoms with Gasteiger partial charge < -0.3 is 15.8 Å². The Bertz CT molecular complexity index is 447. The van der Waals surface area contributed by atoms with Crippen LogP contribution in [0, 0.1) is 5.92 Å². The fourth-order valence-electron chi connectivity index (χ4n) is 2.61. The topological polar surface area (TPSA) is 65.1 Å². The summed E-state index contributed by atoms with van der Waals surface area (Å²) in [5.41, 5.74) is 7.51. The maximum atomic E-state index is 8.65. The molecular weight excluding hydrogens is 252 g/mol. The van der Waals surface area contributed by atoms with Crippen LogP contribution in [0.2, 0.25) is 0 Å². The molecule has 5 heteroatoms. The van der Waals surface area contributed by atoms with Gasteiger partial charge in [-0.3, -0.25) is 4.90 Å². The molecule has 0 bridgehead atoms. The maximum Gasteiger partial charge on any atom is 0.170 e. The van der Waals surface area contributed by atoms with E-state index in [1.807, 2.05) is 24.3 Å². The summed E-state index contributed by atoms with van der Waals surface area (Å²) in [6.45, 7) is 10.0. The lowest BCUT2D eigenvalue weighted by Gasteiger charge is -2.36. The van der Waals surface area contributed by atoms with Crippen molar-refractivity contribution in [1.29, 1.82) is 0 Å². The molecule has 0 radical (unpaired) electrons. The van der Waals surface area contributed by atoms with E-state index in [4.69, 9.17) is 10.9 Å². The number of nitrogens with zero attached hydrogens (tertiary/aromatic N) is 3. The molecule has 1 aliphatic rings. The summed E-state index contributed by atoms with van der Waals surface area (Å²) < 4.78 is 0. The number of amidine groups is 1. The molecule has 2 rings (SSSR count). The molecule has 1 saturated heterocycles. The number of hydrogen-bond donors (Lipinski definition) is 2. The van der Waals surface area contributed by atoms with Crippen molar-refractivity contribution in [2.45, 2.75) is 13.8 Å². The van der Waals surface area contributed by atoms with E-state index in [-0.39, 0.29) is 5.84 Å². The molecule has 0 saturated carbocycles. The normalized spacial score (nSPS) is 17.8. The van der Waals surface area contributed by atoms with E-state index in [1.165, 1.54) is 12.2 Å². The molecule has 0 aliphatic carbocycles. The average Bonchev–Trinajstić information content (AvgIpc) is 2.47. The van der Waals surface area contributed by atoms with Crippen molar-refractivity contribution in [1.82, 2.24) is 4.90 Å². The summed E-state index contributed by atoms with van der Waals surface area (Å²) in [6.07, 6.45) is 0. The predicted molar refractivity (Wildman–Crippen MR) is 82.4 cm³/mol. The molecular formula is C15H24N4O. The smallest absolute Gasteiger partial charge is 0.170 e. The van der Waals surface area contributed by atoms with Gasteiger partial charge in [0.15, 0.2) is 5.84 Å². The van der Waals surface area contributed by atoms with Crippen LogP contribution in [0.5, 0.6) is 0 Å². The Kier molecular flexibility index (Phi) is 4.84. The molecule has 1 aliphatic heterocycles. The summed E-state index contributed by atoms with van der Waals surface area (Å²) in [4.78, 5) is 4.90. The number of oxime groups is 1. The van der Waals surface area contributed by atoms with Gasteiger partial charge in [0, 0.05) is 44.0 Å². The fourth-order valence-corrected chi connectivity index (χ4v) is 2.61. The molecule has 5 nitrogen and oxygen atoms in total. The van der Waals surface area contributed by atoms with Crippen molar-refractivity contribution in [3.63, 3.8) is 0 Å². The van der Waals surface area contributed by atoms with Crippen LogP contribution in [0.25, 0.3) is 0 Å². The lowest BCUT2D eigenvalue weighted by Crippen LogP contribution is -2.47. The van der Waals surface area contributed by atoms with Crippen molar-refractivity contribution in [2.75, 3.05) is 37.6 Å². The molecule has 1 heterocycles. The van der Waals surface area contributed by atoms with Crippen LogP contribution in [0.1, 0.15) is 19.4 Å². The molecule has 20 heavy (non-hydrogen) atoms. The average molecular weight is 276 g/mol. The van der Waals surface area contributed by atoms with Gasteiger partial charge in [0.25, 0.3) is 0 Å². The van der Waals surface area contributed by atoms with E-state index in [0.717, 1.165) is 37.7 Å². The van der Waals surface area contributed by atoms with Crippen LogP contribution >= 0.6 is 0 Å². The molecule has 110 valence electrons. The van der Waals surface area contributed by atoms with Gasteiger partial charge in [-0.25, -0.2) is 0 Å². The Hall–Kier alpha value is -1.75. The Morgan fingerprint density at radius 2 is 1.80 bits per heavy atom. The third-order valence-corrected chi connectivity index (χ3v) is 3.63. The summed E-state index contributed by atoms with van der Waals surface area (Å²) in [5, 5.41) is 11.7. The van der Waals surface area contributed by atoms with Crippen LogP contribution in [0.15, 0.2) is 29.4 Å². The van der Waals surface area contributed by atoms with Gasteiger partial charge in [0.2, 0.25) is 0 Å². The zero-order chi connectivity index (χ0) is 14.5. The fraction of sp³-hybridized carbons (Fsp3) is 0.533. The van der Waals surface area contributed by atoms with Gasteiger partial charge in [-0.1, -0.05) is 19.0 Å². The second kappa shape index (κ2) is 6.61. The van der Waals surface area contributed by atoms with Crippen LogP contribution in [0.4, 0.5) is 5.69 Å². The van der Waals surface area contributed by atoms with Gasteiger partial charge in [-0.15, -0.1) is 0 Å². The minimum absolute atomic E-state index is 0.151. The third-order valence-electron chi connectivity index (χ3n) is 3.63. The highest BCUT2D eigenvalue weighted by atomic mass is 16.4. The molecule has 0 amide bonds. The number of hydrogen-bond acceptors (Lipinski definition) is 4. The number of rotatable bonds is 4. The Labute approximate surface area is 120 Å². The first-order valence-electron chi connectivity index (χ1n) is 7.15. The number of piperazine rings is 1. The van der Waals surface area contributed by atoms with Crippen molar-refractivity contribution in [3.05, 3.63) is 29.8 Å². The Morgan fingerprint density at radius 1 is 1.20 bits per heavy atom. The summed E-state index contributed by atoms with van der Waals surface area (Å²) in [6, 6.07) is 7.85. The lowest BCUT2D eigenvalue weighted by molar-refractivity contribution is 0.231. The van der Waals surface area contributed by atoms with Crippen LogP contribution in [-0.2, 0) is 0 Å². The molecule has 1 fully saturated rings. The highest BCUT2D eigenvalue weighted by Crippen LogP contribution is 2.17. The second-order valence-corrected chi connectivity index (χ2v) is 5.71. The van der Waals surface area contributed by atoms with Crippen LogP contribution < -0.4 is 10.6 Å². The highest BCUT2D eigenvalue weighted by molar-refractivity contribution is 5.97. The standard InChI is InChI=1S/C15H24N4O/c1-12(2)11-18-7-9-19(10-8-18)14-5-3-13(4-6-14)15(16)17-20/h3-6,12,20H,7-11H2,1-2H3,(H2,16,17). The molecule has 1 aromatic carbocycles. The first-order valence-corrected chi connectivity index (χ1v) is 7.15. The monoisotopic (exact) mass is 276 g/mol. The summed E-state index contributed by atoms with van der Waals surface area (Å²) >= 11 is 0. The highest BCUT2D eigenvalue weighted by Gasteiger charge is 2.17. The maximum absolute atomic E-state index is 8.65. The summed E-state index contributed by atoms with van der Waals surface area (Å²) in [5.74, 6) is 0.875. The third kappa shape index (κ3) is 3.63. The van der Waals surface area contributed by atoms with Crippen LogP contribution in [0.3, 0.4) is 0 Å². The Morgan fingerprint density at radius 3 is 2.30 bits per heavy atom. The van der Waals surface area contributed by atoms with Gasteiger partial charge in [-0.05, 0) is 30.2 Å². The summed E-state index contributed by atoms with van der Waals surface area (Å²) in [7, 11) is 0. The molecule has 0 atom stereocenters. The minimum atomic E-state index is 0.151. The van der Waals surface area contributed by atoms with Gasteiger partial charge in [-0.2, -0.15) is 0 Å². The van der Waals surface area contributed by atoms with E-state index in [0.29, 0.717) is 0 Å². The van der Waals surface area contributed by atoms with Gasteiger partial charge in [0.1, 0.15) is 0 Å². The Balaban J connectivity index is 1.94. The zero-order valence-corrected chi connectivity index (χ0v) is 12.3. The molecule has 0 aromatic heterocycles. The van der Waals surface area contributed by atoms with Gasteiger partial charge >= 0.3 is 0 Å². The van der Waals surface area contributed by atoms with E-state index >= 15 is 0 Å². The zero-order valence-electron chi connectivity index (χ0n) is 12.3. The molecule has 1 aromatic rings. The number of benzene rings is 1. The molecule has 0 spiro atoms. The van der Waals surface area contributed by atoms with E-state index in [9.17, 15) is 0 Å². The van der Waals surface area contributed by atoms with Crippen molar-refractivity contribution >= 4 is 11.5 Å². The molecule has 3 N–H and O–H groups in total. The largest absolute Gasteiger partial charge is 0.409 e. The number of nitrogens with two attached hydrogens (primary N) is 1. The second-order valence-electron chi connectivity index (χ2n) is 5.71. The quantitative estimate of drug-likeness (QED) is 0.379. The van der Waals surface area contributed by atoms with Crippen LogP contribution in [-0.4, -0.2) is 48.7 Å². The lowest BCUT2D eigenvalue weighted by atomic mass is 10.1. The van der Waals surface area contributed by atoms with Gasteiger partial charge in [0.05, 0.1) is 0 Å². The molecule has 0 unspecified atom stereocenters. The SMILES string of the molecule is CC(C)CN1CCN(c2ccc(C(N)=NO)cc2)CC1. The van der Waals surface area contributed by atoms with Crippen molar-refractivity contribution in [2.24, 2.45) is 16.8 Å². The van der Waals surface area contributed by atoms with Crippen molar-refractivity contribution < 1.29 is 5.21 Å². The van der Waals surface area contributed by atoms with E-state index in [2.05, 4.69) is 28.8 Å².